The van der Waals surface area contributed by atoms with Crippen LogP contribution < -0.4 is 10.6 Å². The maximum Gasteiger partial charge on any atom is 0.244 e. The van der Waals surface area contributed by atoms with Gasteiger partial charge in [0, 0.05) is 18.2 Å². The van der Waals surface area contributed by atoms with Crippen LogP contribution in [0.1, 0.15) is 24.8 Å². The molecule has 2 N–H and O–H groups in total. The Kier molecular flexibility index (Phi) is 6.35. The van der Waals surface area contributed by atoms with E-state index in [0.29, 0.717) is 6.04 Å². The summed E-state index contributed by atoms with van der Waals surface area (Å²) < 4.78 is 0. The Hall–Kier alpha value is -2.14. The van der Waals surface area contributed by atoms with E-state index in [9.17, 15) is 9.59 Å². The number of likely N-dealkylation sites (N-methyl/N-ethyl adjacent to an activating group) is 1. The fourth-order valence-electron chi connectivity index (χ4n) is 2.95. The Balaban J connectivity index is 1.74. The second-order valence-corrected chi connectivity index (χ2v) is 6.10. The van der Waals surface area contributed by atoms with Crippen LogP contribution in [0.25, 0.3) is 6.08 Å². The van der Waals surface area contributed by atoms with Crippen molar-refractivity contribution in [3.8, 4) is 0 Å². The lowest BCUT2D eigenvalue weighted by Gasteiger charge is -2.26. The molecule has 0 unspecified atom stereocenters. The number of benzene rings is 1. The van der Waals surface area contributed by atoms with E-state index in [1.54, 1.807) is 6.08 Å². The molecule has 0 aliphatic heterocycles. The number of carbonyl (C=O) groups is 2. The highest BCUT2D eigenvalue weighted by Crippen LogP contribution is 2.22. The van der Waals surface area contributed by atoms with Crippen molar-refractivity contribution in [3.05, 3.63) is 42.0 Å². The normalized spacial score (nSPS) is 20.8. The van der Waals surface area contributed by atoms with E-state index < -0.39 is 0 Å². The molecule has 5 nitrogen and oxygen atoms in total. The summed E-state index contributed by atoms with van der Waals surface area (Å²) in [7, 11) is 4.07. The molecule has 1 aliphatic rings. The van der Waals surface area contributed by atoms with Crippen LogP contribution in [0.3, 0.4) is 0 Å². The number of nitrogens with zero attached hydrogens (tertiary/aromatic N) is 1. The van der Waals surface area contributed by atoms with Crippen molar-refractivity contribution in [1.82, 2.24) is 15.5 Å². The first-order valence-electron chi connectivity index (χ1n) is 8.03. The second-order valence-electron chi connectivity index (χ2n) is 6.10. The SMILES string of the molecule is CN(C)[C@@H]1CCC[C@@H]1NC(=O)CNC(=O)/C=C/c1ccccc1. The van der Waals surface area contributed by atoms with Crippen LogP contribution in [0.15, 0.2) is 36.4 Å². The molecule has 0 aromatic heterocycles. The molecule has 5 heteroatoms. The fraction of sp³-hybridized carbons (Fsp3) is 0.444. The van der Waals surface area contributed by atoms with Crippen molar-refractivity contribution >= 4 is 17.9 Å². The van der Waals surface area contributed by atoms with Crippen molar-refractivity contribution in [2.75, 3.05) is 20.6 Å². The summed E-state index contributed by atoms with van der Waals surface area (Å²) in [4.78, 5) is 25.9. The van der Waals surface area contributed by atoms with Gasteiger partial charge in [0.25, 0.3) is 0 Å². The predicted molar refractivity (Wildman–Crippen MR) is 91.7 cm³/mol. The van der Waals surface area contributed by atoms with Crippen molar-refractivity contribution in [2.24, 2.45) is 0 Å². The van der Waals surface area contributed by atoms with Crippen LogP contribution in [0.4, 0.5) is 0 Å². The third-order valence-corrected chi connectivity index (χ3v) is 4.14. The molecule has 0 saturated heterocycles. The largest absolute Gasteiger partial charge is 0.350 e. The lowest BCUT2D eigenvalue weighted by Crippen LogP contribution is -2.48. The van der Waals surface area contributed by atoms with E-state index in [1.165, 1.54) is 6.08 Å². The smallest absolute Gasteiger partial charge is 0.244 e. The summed E-state index contributed by atoms with van der Waals surface area (Å²) in [5, 5.41) is 5.64. The minimum Gasteiger partial charge on any atom is -0.350 e. The number of rotatable bonds is 6. The lowest BCUT2D eigenvalue weighted by atomic mass is 10.1. The molecule has 0 heterocycles. The number of hydrogen-bond donors (Lipinski definition) is 2. The maximum absolute atomic E-state index is 12.0. The number of hydrogen-bond acceptors (Lipinski definition) is 3. The van der Waals surface area contributed by atoms with Gasteiger partial charge in [-0.2, -0.15) is 0 Å². The maximum atomic E-state index is 12.0. The molecule has 124 valence electrons. The summed E-state index contributed by atoms with van der Waals surface area (Å²) in [6, 6.07) is 10.1. The van der Waals surface area contributed by atoms with Gasteiger partial charge in [0.1, 0.15) is 0 Å². The van der Waals surface area contributed by atoms with Crippen molar-refractivity contribution < 1.29 is 9.59 Å². The van der Waals surface area contributed by atoms with Gasteiger partial charge in [-0.1, -0.05) is 30.3 Å². The molecular formula is C18H25N3O2. The molecule has 2 rings (SSSR count). The second kappa shape index (κ2) is 8.48. The van der Waals surface area contributed by atoms with Gasteiger partial charge in [-0.3, -0.25) is 9.59 Å². The van der Waals surface area contributed by atoms with Gasteiger partial charge in [0.2, 0.25) is 11.8 Å². The van der Waals surface area contributed by atoms with Crippen LogP contribution in [-0.2, 0) is 9.59 Å². The highest BCUT2D eigenvalue weighted by molar-refractivity contribution is 5.94. The number of carbonyl (C=O) groups excluding carboxylic acids is 2. The first kappa shape index (κ1) is 17.2. The van der Waals surface area contributed by atoms with Gasteiger partial charge in [0.15, 0.2) is 0 Å². The first-order valence-corrected chi connectivity index (χ1v) is 8.03. The van der Waals surface area contributed by atoms with Crippen LogP contribution in [-0.4, -0.2) is 49.4 Å². The van der Waals surface area contributed by atoms with E-state index in [1.807, 2.05) is 44.4 Å². The summed E-state index contributed by atoms with van der Waals surface area (Å²) in [5.41, 5.74) is 0.951. The molecule has 23 heavy (non-hydrogen) atoms. The topological polar surface area (TPSA) is 61.4 Å². The van der Waals surface area contributed by atoms with E-state index in [-0.39, 0.29) is 24.4 Å². The minimum atomic E-state index is -0.264. The molecule has 0 bridgehead atoms. The molecule has 1 aromatic rings. The summed E-state index contributed by atoms with van der Waals surface area (Å²) in [6.07, 6.45) is 6.40. The van der Waals surface area contributed by atoms with Gasteiger partial charge in [-0.25, -0.2) is 0 Å². The monoisotopic (exact) mass is 315 g/mol. The first-order chi connectivity index (χ1) is 11.1. The Morgan fingerprint density at radius 1 is 1.22 bits per heavy atom. The zero-order chi connectivity index (χ0) is 16.7. The lowest BCUT2D eigenvalue weighted by molar-refractivity contribution is -0.124. The molecule has 2 amide bonds. The highest BCUT2D eigenvalue weighted by atomic mass is 16.2. The molecule has 1 aromatic carbocycles. The van der Waals surface area contributed by atoms with Gasteiger partial charge < -0.3 is 15.5 Å². The predicted octanol–water partition coefficient (Wildman–Crippen LogP) is 1.41. The summed E-state index contributed by atoms with van der Waals surface area (Å²) >= 11 is 0. The van der Waals surface area contributed by atoms with Gasteiger partial charge in [0.05, 0.1) is 6.54 Å². The molecule has 1 saturated carbocycles. The van der Waals surface area contributed by atoms with Crippen molar-refractivity contribution in [2.45, 2.75) is 31.3 Å². The Morgan fingerprint density at radius 2 is 1.96 bits per heavy atom. The van der Waals surface area contributed by atoms with Gasteiger partial charge >= 0.3 is 0 Å². The average Bonchev–Trinajstić information content (AvgIpc) is 3.00. The van der Waals surface area contributed by atoms with Crippen molar-refractivity contribution in [1.29, 1.82) is 0 Å². The van der Waals surface area contributed by atoms with Gasteiger partial charge in [-0.05, 0) is 45.0 Å². The molecule has 0 spiro atoms. The standard InChI is InChI=1S/C18H25N3O2/c1-21(2)16-10-6-9-15(16)20-18(23)13-19-17(22)12-11-14-7-4-3-5-8-14/h3-5,7-8,11-12,15-16H,6,9-10,13H2,1-2H3,(H,19,22)(H,20,23)/b12-11+/t15-,16+/m0/s1. The number of amides is 2. The third kappa shape index (κ3) is 5.53. The number of nitrogens with one attached hydrogen (secondary N) is 2. The van der Waals surface area contributed by atoms with E-state index in [2.05, 4.69) is 15.5 Å². The molecular weight excluding hydrogens is 290 g/mol. The van der Waals surface area contributed by atoms with E-state index in [0.717, 1.165) is 24.8 Å². The molecule has 0 radical (unpaired) electrons. The fourth-order valence-corrected chi connectivity index (χ4v) is 2.95. The summed E-state index contributed by atoms with van der Waals surface area (Å²) in [6.45, 7) is 0.00854. The molecule has 1 aliphatic carbocycles. The quantitative estimate of drug-likeness (QED) is 0.781. The van der Waals surface area contributed by atoms with E-state index in [4.69, 9.17) is 0 Å². The van der Waals surface area contributed by atoms with Gasteiger partial charge in [-0.15, -0.1) is 0 Å². The summed E-state index contributed by atoms with van der Waals surface area (Å²) in [5.74, 6) is -0.398. The van der Waals surface area contributed by atoms with E-state index >= 15 is 0 Å². The molecule has 2 atom stereocenters. The Labute approximate surface area is 137 Å². The van der Waals surface area contributed by atoms with Crippen molar-refractivity contribution in [3.63, 3.8) is 0 Å². The van der Waals surface area contributed by atoms with Crippen LogP contribution in [0.5, 0.6) is 0 Å². The zero-order valence-electron chi connectivity index (χ0n) is 13.8. The molecule has 1 fully saturated rings. The Morgan fingerprint density at radius 3 is 2.65 bits per heavy atom. The van der Waals surface area contributed by atoms with Crippen LogP contribution in [0.2, 0.25) is 0 Å². The average molecular weight is 315 g/mol. The Bertz CT molecular complexity index is 555. The minimum absolute atomic E-state index is 0.00854. The van der Waals surface area contributed by atoms with Crippen LogP contribution in [0, 0.1) is 0 Å². The zero-order valence-corrected chi connectivity index (χ0v) is 13.8. The third-order valence-electron chi connectivity index (χ3n) is 4.14. The highest BCUT2D eigenvalue weighted by Gasteiger charge is 2.29. The van der Waals surface area contributed by atoms with Crippen LogP contribution >= 0.6 is 0 Å².